The fourth-order valence-electron chi connectivity index (χ4n) is 1.80. The Hall–Kier alpha value is -1.75. The molecule has 0 aliphatic carbocycles. The van der Waals surface area contributed by atoms with E-state index in [-0.39, 0.29) is 23.5 Å². The van der Waals surface area contributed by atoms with Crippen molar-refractivity contribution in [3.8, 4) is 11.5 Å². The highest BCUT2D eigenvalue weighted by Crippen LogP contribution is 2.24. The van der Waals surface area contributed by atoms with Crippen molar-refractivity contribution >= 4 is 5.97 Å². The van der Waals surface area contributed by atoms with Gasteiger partial charge in [-0.15, -0.1) is 0 Å². The maximum Gasteiger partial charge on any atom is 0.322 e. The van der Waals surface area contributed by atoms with E-state index >= 15 is 0 Å². The number of phenolic OH excluding ortho intramolecular Hbond substituents is 2. The highest BCUT2D eigenvalue weighted by molar-refractivity contribution is 5.75. The van der Waals surface area contributed by atoms with Gasteiger partial charge in [-0.25, -0.2) is 0 Å². The van der Waals surface area contributed by atoms with Gasteiger partial charge in [0.1, 0.15) is 6.04 Å². The van der Waals surface area contributed by atoms with Gasteiger partial charge in [-0.2, -0.15) is 0 Å². The van der Waals surface area contributed by atoms with Crippen molar-refractivity contribution in [1.29, 1.82) is 0 Å². The second kappa shape index (κ2) is 6.99. The molecule has 0 amide bonds. The van der Waals surface area contributed by atoms with Gasteiger partial charge < -0.3 is 20.3 Å². The summed E-state index contributed by atoms with van der Waals surface area (Å²) in [5.41, 5.74) is 0.785. The van der Waals surface area contributed by atoms with Crippen molar-refractivity contribution in [3.63, 3.8) is 0 Å². The van der Waals surface area contributed by atoms with Crippen LogP contribution in [0.15, 0.2) is 18.2 Å². The summed E-state index contributed by atoms with van der Waals surface area (Å²) in [6.45, 7) is 4.48. The fourth-order valence-corrected chi connectivity index (χ4v) is 1.80. The number of ether oxygens (including phenoxy) is 1. The first-order valence-electron chi connectivity index (χ1n) is 6.26. The van der Waals surface area contributed by atoms with E-state index in [9.17, 15) is 15.0 Å². The number of phenols is 2. The third-order valence-corrected chi connectivity index (χ3v) is 2.79. The first-order valence-corrected chi connectivity index (χ1v) is 6.26. The van der Waals surface area contributed by atoms with E-state index in [1.165, 1.54) is 19.2 Å². The van der Waals surface area contributed by atoms with Crippen LogP contribution in [0.1, 0.15) is 25.8 Å². The molecule has 0 saturated heterocycles. The van der Waals surface area contributed by atoms with Crippen molar-refractivity contribution in [2.45, 2.75) is 32.9 Å². The second-order valence-corrected chi connectivity index (χ2v) is 4.91. The third-order valence-electron chi connectivity index (χ3n) is 2.79. The molecule has 0 aromatic heterocycles. The zero-order chi connectivity index (χ0) is 14.4. The number of carbonyl (C=O) groups is 1. The summed E-state index contributed by atoms with van der Waals surface area (Å²) in [6.07, 6.45) is 0.677. The molecule has 1 unspecified atom stereocenters. The van der Waals surface area contributed by atoms with Crippen molar-refractivity contribution in [1.82, 2.24) is 5.32 Å². The Morgan fingerprint density at radius 2 is 2.00 bits per heavy atom. The zero-order valence-corrected chi connectivity index (χ0v) is 11.5. The van der Waals surface area contributed by atoms with E-state index in [1.807, 2.05) is 13.8 Å². The monoisotopic (exact) mass is 267 g/mol. The van der Waals surface area contributed by atoms with Crippen LogP contribution < -0.4 is 5.32 Å². The standard InChI is InChI=1S/C14H21NO4/c1-9(2)6-11(14(18)19-3)15-8-10-4-5-12(16)13(17)7-10/h4-5,7,9,11,15-17H,6,8H2,1-3H3. The smallest absolute Gasteiger partial charge is 0.322 e. The summed E-state index contributed by atoms with van der Waals surface area (Å²) in [6, 6.07) is 4.20. The van der Waals surface area contributed by atoms with Crippen LogP contribution in [0.2, 0.25) is 0 Å². The van der Waals surface area contributed by atoms with E-state index in [4.69, 9.17) is 4.74 Å². The molecule has 0 saturated carbocycles. The number of benzene rings is 1. The normalized spacial score (nSPS) is 12.4. The lowest BCUT2D eigenvalue weighted by Crippen LogP contribution is -2.38. The summed E-state index contributed by atoms with van der Waals surface area (Å²) in [5, 5.41) is 21.7. The number of nitrogens with one attached hydrogen (secondary N) is 1. The Labute approximate surface area is 113 Å². The maximum absolute atomic E-state index is 11.6. The first kappa shape index (κ1) is 15.3. The molecule has 3 N–H and O–H groups in total. The molecule has 0 radical (unpaired) electrons. The molecule has 0 fully saturated rings. The molecule has 5 heteroatoms. The molecule has 0 aliphatic heterocycles. The van der Waals surface area contributed by atoms with Crippen LogP contribution in [0.5, 0.6) is 11.5 Å². The van der Waals surface area contributed by atoms with Crippen LogP contribution in [0, 0.1) is 5.92 Å². The van der Waals surface area contributed by atoms with Gasteiger partial charge in [0, 0.05) is 6.54 Å². The van der Waals surface area contributed by atoms with Crippen LogP contribution in [0.25, 0.3) is 0 Å². The Bertz CT molecular complexity index is 431. The van der Waals surface area contributed by atoms with Crippen LogP contribution in [-0.4, -0.2) is 29.3 Å². The molecular formula is C14H21NO4. The zero-order valence-electron chi connectivity index (χ0n) is 11.5. The van der Waals surface area contributed by atoms with Crippen LogP contribution >= 0.6 is 0 Å². The number of hydrogen-bond donors (Lipinski definition) is 3. The molecule has 1 aromatic rings. The minimum absolute atomic E-state index is 0.157. The van der Waals surface area contributed by atoms with E-state index in [0.717, 1.165) is 5.56 Å². The molecular weight excluding hydrogens is 246 g/mol. The molecule has 1 rings (SSSR count). The number of carbonyl (C=O) groups excluding carboxylic acids is 1. The molecule has 5 nitrogen and oxygen atoms in total. The van der Waals surface area contributed by atoms with Crippen molar-refractivity contribution in [2.75, 3.05) is 7.11 Å². The lowest BCUT2D eigenvalue weighted by molar-refractivity contribution is -0.143. The van der Waals surface area contributed by atoms with Gasteiger partial charge in [-0.05, 0) is 30.0 Å². The molecule has 0 bridgehead atoms. The topological polar surface area (TPSA) is 78.8 Å². The largest absolute Gasteiger partial charge is 0.504 e. The van der Waals surface area contributed by atoms with Gasteiger partial charge in [0.2, 0.25) is 0 Å². The molecule has 0 heterocycles. The van der Waals surface area contributed by atoms with E-state index < -0.39 is 0 Å². The number of hydrogen-bond acceptors (Lipinski definition) is 5. The maximum atomic E-state index is 11.6. The minimum atomic E-state index is -0.374. The number of aromatic hydroxyl groups is 2. The quantitative estimate of drug-likeness (QED) is 0.541. The van der Waals surface area contributed by atoms with Gasteiger partial charge in [0.05, 0.1) is 7.11 Å². The Kier molecular flexibility index (Phi) is 5.63. The summed E-state index contributed by atoms with van der Waals surface area (Å²) in [4.78, 5) is 11.6. The highest BCUT2D eigenvalue weighted by atomic mass is 16.5. The van der Waals surface area contributed by atoms with Crippen molar-refractivity contribution < 1.29 is 19.7 Å². The van der Waals surface area contributed by atoms with Crippen molar-refractivity contribution in [2.24, 2.45) is 5.92 Å². The van der Waals surface area contributed by atoms with Gasteiger partial charge in [-0.1, -0.05) is 19.9 Å². The van der Waals surface area contributed by atoms with E-state index in [0.29, 0.717) is 18.9 Å². The van der Waals surface area contributed by atoms with Crippen LogP contribution in [0.4, 0.5) is 0 Å². The van der Waals surface area contributed by atoms with Gasteiger partial charge >= 0.3 is 5.97 Å². The number of rotatable bonds is 6. The van der Waals surface area contributed by atoms with Gasteiger partial charge in [0.15, 0.2) is 11.5 Å². The van der Waals surface area contributed by atoms with Crippen molar-refractivity contribution in [3.05, 3.63) is 23.8 Å². The fraction of sp³-hybridized carbons (Fsp3) is 0.500. The lowest BCUT2D eigenvalue weighted by Gasteiger charge is -2.18. The molecule has 1 aromatic carbocycles. The number of esters is 1. The lowest BCUT2D eigenvalue weighted by atomic mass is 10.0. The first-order chi connectivity index (χ1) is 8.93. The predicted molar refractivity (Wildman–Crippen MR) is 71.9 cm³/mol. The van der Waals surface area contributed by atoms with E-state index in [2.05, 4.69) is 5.32 Å². The highest BCUT2D eigenvalue weighted by Gasteiger charge is 2.19. The Morgan fingerprint density at radius 1 is 1.32 bits per heavy atom. The molecule has 19 heavy (non-hydrogen) atoms. The summed E-state index contributed by atoms with van der Waals surface area (Å²) in [5.74, 6) is -0.255. The second-order valence-electron chi connectivity index (χ2n) is 4.91. The molecule has 1 atom stereocenters. The van der Waals surface area contributed by atoms with Gasteiger partial charge in [-0.3, -0.25) is 4.79 Å². The average molecular weight is 267 g/mol. The molecule has 0 aliphatic rings. The average Bonchev–Trinajstić information content (AvgIpc) is 2.37. The Balaban J connectivity index is 2.64. The summed E-state index contributed by atoms with van der Waals surface area (Å²) < 4.78 is 4.75. The SMILES string of the molecule is COC(=O)C(CC(C)C)NCc1ccc(O)c(O)c1. The van der Waals surface area contributed by atoms with Crippen LogP contribution in [-0.2, 0) is 16.1 Å². The Morgan fingerprint density at radius 3 is 2.53 bits per heavy atom. The minimum Gasteiger partial charge on any atom is -0.504 e. The molecule has 106 valence electrons. The van der Waals surface area contributed by atoms with E-state index in [1.54, 1.807) is 6.07 Å². The third kappa shape index (κ3) is 4.79. The summed E-state index contributed by atoms with van der Waals surface area (Å²) >= 11 is 0. The predicted octanol–water partition coefficient (Wildman–Crippen LogP) is 1.78. The molecule has 0 spiro atoms. The van der Waals surface area contributed by atoms with Gasteiger partial charge in [0.25, 0.3) is 0 Å². The number of methoxy groups -OCH3 is 1. The summed E-state index contributed by atoms with van der Waals surface area (Å²) in [7, 11) is 1.36. The van der Waals surface area contributed by atoms with Crippen LogP contribution in [0.3, 0.4) is 0 Å².